The minimum atomic E-state index is 0.190. The molecule has 1 atom stereocenters. The van der Waals surface area contributed by atoms with E-state index < -0.39 is 0 Å². The number of hydrogen-bond donors (Lipinski definition) is 1. The van der Waals surface area contributed by atoms with Gasteiger partial charge in [-0.2, -0.15) is 0 Å². The second-order valence-corrected chi connectivity index (χ2v) is 3.62. The van der Waals surface area contributed by atoms with Gasteiger partial charge in [0.05, 0.1) is 18.6 Å². The Morgan fingerprint density at radius 2 is 2.36 bits per heavy atom. The van der Waals surface area contributed by atoms with Gasteiger partial charge in [-0.1, -0.05) is 0 Å². The molecule has 0 amide bonds. The molecule has 0 bridgehead atoms. The Morgan fingerprint density at radius 1 is 1.64 bits per heavy atom. The fourth-order valence-electron chi connectivity index (χ4n) is 1.32. The van der Waals surface area contributed by atoms with Crippen molar-refractivity contribution in [1.29, 1.82) is 0 Å². The molecule has 4 nitrogen and oxygen atoms in total. The van der Waals surface area contributed by atoms with Gasteiger partial charge in [0.25, 0.3) is 0 Å². The van der Waals surface area contributed by atoms with Crippen LogP contribution in [-0.2, 0) is 13.1 Å². The normalized spacial score (nSPS) is 13.5. The molecule has 0 spiro atoms. The van der Waals surface area contributed by atoms with Crippen molar-refractivity contribution in [3.05, 3.63) is 18.2 Å². The van der Waals surface area contributed by atoms with Gasteiger partial charge in [0.15, 0.2) is 0 Å². The lowest BCUT2D eigenvalue weighted by molar-refractivity contribution is 0.151. The van der Waals surface area contributed by atoms with Crippen LogP contribution >= 0.6 is 0 Å². The summed E-state index contributed by atoms with van der Waals surface area (Å²) in [7, 11) is 2.01. The van der Waals surface area contributed by atoms with Crippen molar-refractivity contribution in [2.75, 3.05) is 13.7 Å². The van der Waals surface area contributed by atoms with Crippen molar-refractivity contribution in [2.45, 2.75) is 33.0 Å². The van der Waals surface area contributed by atoms with Gasteiger partial charge in [0, 0.05) is 25.3 Å². The number of aliphatic hydroxyl groups excluding tert-OH is 1. The van der Waals surface area contributed by atoms with E-state index in [9.17, 15) is 0 Å². The van der Waals surface area contributed by atoms with Crippen molar-refractivity contribution in [2.24, 2.45) is 0 Å². The number of rotatable bonds is 5. The monoisotopic (exact) mass is 197 g/mol. The Morgan fingerprint density at radius 3 is 2.93 bits per heavy atom. The highest BCUT2D eigenvalue weighted by Gasteiger charge is 2.10. The molecule has 1 unspecified atom stereocenters. The predicted molar refractivity (Wildman–Crippen MR) is 55.9 cm³/mol. The van der Waals surface area contributed by atoms with Gasteiger partial charge in [-0.3, -0.25) is 4.90 Å². The highest BCUT2D eigenvalue weighted by molar-refractivity contribution is 4.98. The summed E-state index contributed by atoms with van der Waals surface area (Å²) in [5, 5.41) is 9.00. The minimum absolute atomic E-state index is 0.190. The molecule has 0 saturated heterocycles. The molecule has 4 heteroatoms. The molecule has 14 heavy (non-hydrogen) atoms. The Hall–Kier alpha value is -0.870. The Bertz CT molecular complexity index is 272. The van der Waals surface area contributed by atoms with Crippen molar-refractivity contribution < 1.29 is 5.11 Å². The molecular formula is C10H19N3O. The summed E-state index contributed by atoms with van der Waals surface area (Å²) >= 11 is 0. The van der Waals surface area contributed by atoms with Crippen molar-refractivity contribution >= 4 is 0 Å². The molecule has 1 aromatic heterocycles. The first-order valence-electron chi connectivity index (χ1n) is 4.99. The van der Waals surface area contributed by atoms with E-state index in [1.165, 1.54) is 5.69 Å². The number of likely N-dealkylation sites (N-methyl/N-ethyl adjacent to an activating group) is 1. The third kappa shape index (κ3) is 2.56. The Kier molecular flexibility index (Phi) is 4.10. The first-order valence-corrected chi connectivity index (χ1v) is 4.99. The van der Waals surface area contributed by atoms with Crippen LogP contribution < -0.4 is 0 Å². The molecule has 1 heterocycles. The third-order valence-electron chi connectivity index (χ3n) is 2.57. The summed E-state index contributed by atoms with van der Waals surface area (Å²) in [6.07, 6.45) is 3.72. The predicted octanol–water partition coefficient (Wildman–Crippen LogP) is 0.716. The van der Waals surface area contributed by atoms with Crippen LogP contribution in [-0.4, -0.2) is 39.3 Å². The molecular weight excluding hydrogens is 178 g/mol. The molecule has 1 aromatic rings. The van der Waals surface area contributed by atoms with E-state index in [2.05, 4.69) is 21.4 Å². The van der Waals surface area contributed by atoms with Crippen LogP contribution in [0.3, 0.4) is 0 Å². The van der Waals surface area contributed by atoms with Crippen LogP contribution in [0.1, 0.15) is 19.5 Å². The van der Waals surface area contributed by atoms with Crippen LogP contribution in [0.15, 0.2) is 12.5 Å². The van der Waals surface area contributed by atoms with E-state index >= 15 is 0 Å². The van der Waals surface area contributed by atoms with Crippen LogP contribution in [0.5, 0.6) is 0 Å². The topological polar surface area (TPSA) is 41.3 Å². The highest BCUT2D eigenvalue weighted by atomic mass is 16.3. The summed E-state index contributed by atoms with van der Waals surface area (Å²) in [6, 6.07) is 0.190. The molecule has 0 fully saturated rings. The lowest BCUT2D eigenvalue weighted by Gasteiger charge is -2.22. The van der Waals surface area contributed by atoms with Gasteiger partial charge in [0.1, 0.15) is 0 Å². The number of aromatic nitrogens is 2. The summed E-state index contributed by atoms with van der Waals surface area (Å²) in [6.45, 7) is 6.07. The molecule has 80 valence electrons. The average Bonchev–Trinajstić information content (AvgIpc) is 2.63. The minimum Gasteiger partial charge on any atom is -0.395 e. The summed E-state index contributed by atoms with van der Waals surface area (Å²) in [4.78, 5) is 6.22. The number of nitrogens with zero attached hydrogens (tertiary/aromatic N) is 3. The lowest BCUT2D eigenvalue weighted by atomic mass is 10.3. The van der Waals surface area contributed by atoms with Crippen LogP contribution in [0.25, 0.3) is 0 Å². The maximum absolute atomic E-state index is 9.00. The zero-order valence-electron chi connectivity index (χ0n) is 9.14. The first-order chi connectivity index (χ1) is 6.69. The SMILES string of the molecule is CCn1cncc1CN(C)C(C)CO. The van der Waals surface area contributed by atoms with Crippen LogP contribution in [0, 0.1) is 0 Å². The van der Waals surface area contributed by atoms with Crippen molar-refractivity contribution in [3.63, 3.8) is 0 Å². The quantitative estimate of drug-likeness (QED) is 0.756. The standard InChI is InChI=1S/C10H19N3O/c1-4-13-8-11-5-10(13)6-12(3)9(2)7-14/h5,8-9,14H,4,6-7H2,1-3H3. The second kappa shape index (κ2) is 5.12. The number of hydrogen-bond acceptors (Lipinski definition) is 3. The molecule has 0 aliphatic heterocycles. The van der Waals surface area contributed by atoms with E-state index in [0.717, 1.165) is 13.1 Å². The molecule has 1 rings (SSSR count). The molecule has 0 aliphatic carbocycles. The van der Waals surface area contributed by atoms with E-state index in [4.69, 9.17) is 5.11 Å². The molecule has 0 aliphatic rings. The highest BCUT2D eigenvalue weighted by Crippen LogP contribution is 2.05. The van der Waals surface area contributed by atoms with E-state index in [-0.39, 0.29) is 12.6 Å². The molecule has 0 aromatic carbocycles. The average molecular weight is 197 g/mol. The van der Waals surface area contributed by atoms with E-state index in [1.54, 1.807) is 0 Å². The van der Waals surface area contributed by atoms with E-state index in [1.807, 2.05) is 26.5 Å². The van der Waals surface area contributed by atoms with Crippen molar-refractivity contribution in [3.8, 4) is 0 Å². The van der Waals surface area contributed by atoms with Gasteiger partial charge in [0.2, 0.25) is 0 Å². The molecule has 0 saturated carbocycles. The first kappa shape index (κ1) is 11.2. The second-order valence-electron chi connectivity index (χ2n) is 3.62. The van der Waals surface area contributed by atoms with Crippen molar-refractivity contribution in [1.82, 2.24) is 14.5 Å². The summed E-state index contributed by atoms with van der Waals surface area (Å²) < 4.78 is 2.11. The van der Waals surface area contributed by atoms with Gasteiger partial charge >= 0.3 is 0 Å². The lowest BCUT2D eigenvalue weighted by Crippen LogP contribution is -2.32. The Balaban J connectivity index is 2.59. The van der Waals surface area contributed by atoms with Crippen LogP contribution in [0.2, 0.25) is 0 Å². The summed E-state index contributed by atoms with van der Waals surface area (Å²) in [5.41, 5.74) is 1.19. The number of aliphatic hydroxyl groups is 1. The van der Waals surface area contributed by atoms with Gasteiger partial charge in [-0.15, -0.1) is 0 Å². The summed E-state index contributed by atoms with van der Waals surface area (Å²) in [5.74, 6) is 0. The molecule has 1 N–H and O–H groups in total. The molecule has 0 radical (unpaired) electrons. The Labute approximate surface area is 85.2 Å². The maximum atomic E-state index is 9.00. The zero-order chi connectivity index (χ0) is 10.6. The van der Waals surface area contributed by atoms with Crippen LogP contribution in [0.4, 0.5) is 0 Å². The third-order valence-corrected chi connectivity index (χ3v) is 2.57. The smallest absolute Gasteiger partial charge is 0.0948 e. The van der Waals surface area contributed by atoms with Gasteiger partial charge < -0.3 is 9.67 Å². The number of imidazole rings is 1. The zero-order valence-corrected chi connectivity index (χ0v) is 9.14. The largest absolute Gasteiger partial charge is 0.395 e. The van der Waals surface area contributed by atoms with Gasteiger partial charge in [-0.25, -0.2) is 4.98 Å². The fraction of sp³-hybridized carbons (Fsp3) is 0.700. The van der Waals surface area contributed by atoms with E-state index in [0.29, 0.717) is 0 Å². The number of aryl methyl sites for hydroxylation is 1. The van der Waals surface area contributed by atoms with Gasteiger partial charge in [-0.05, 0) is 20.9 Å². The maximum Gasteiger partial charge on any atom is 0.0948 e. The fourth-order valence-corrected chi connectivity index (χ4v) is 1.32.